The molecule has 1 aliphatic heterocycles. The highest BCUT2D eigenvalue weighted by Gasteiger charge is 2.19. The van der Waals surface area contributed by atoms with Crippen LogP contribution < -0.4 is 15.7 Å². The van der Waals surface area contributed by atoms with E-state index in [1.165, 1.54) is 6.08 Å². The van der Waals surface area contributed by atoms with Crippen molar-refractivity contribution in [1.82, 2.24) is 10.6 Å². The van der Waals surface area contributed by atoms with Gasteiger partial charge in [0.25, 0.3) is 0 Å². The quantitative estimate of drug-likeness (QED) is 0.750. The summed E-state index contributed by atoms with van der Waals surface area (Å²) in [5, 5.41) is 15.5. The first kappa shape index (κ1) is 11.2. The topological polar surface area (TPSA) is 81.3 Å². The number of urea groups is 1. The van der Waals surface area contributed by atoms with Gasteiger partial charge in [0.15, 0.2) is 0 Å². The van der Waals surface area contributed by atoms with E-state index in [1.807, 2.05) is 31.2 Å². The van der Waals surface area contributed by atoms with Crippen LogP contribution in [0.5, 0.6) is 0 Å². The second-order valence-electron chi connectivity index (χ2n) is 3.85. The minimum absolute atomic E-state index is 0.209. The van der Waals surface area contributed by atoms with Crippen molar-refractivity contribution in [1.29, 1.82) is 0 Å². The summed E-state index contributed by atoms with van der Waals surface area (Å²) >= 11 is 0. The zero-order chi connectivity index (χ0) is 12.4. The van der Waals surface area contributed by atoms with E-state index in [0.29, 0.717) is 0 Å². The van der Waals surface area contributed by atoms with Gasteiger partial charge in [0.1, 0.15) is 0 Å². The van der Waals surface area contributed by atoms with Crippen molar-refractivity contribution in [2.45, 2.75) is 13.0 Å². The summed E-state index contributed by atoms with van der Waals surface area (Å²) in [6, 6.07) is 6.49. The maximum absolute atomic E-state index is 11.3. The molecule has 1 aromatic rings. The Balaban J connectivity index is 2.32. The van der Waals surface area contributed by atoms with Crippen LogP contribution in [0.15, 0.2) is 36.0 Å². The number of nitrogens with one attached hydrogen (secondary N) is 2. The third kappa shape index (κ3) is 2.44. The van der Waals surface area contributed by atoms with Gasteiger partial charge in [-0.15, -0.1) is 0 Å². The van der Waals surface area contributed by atoms with Crippen molar-refractivity contribution in [3.63, 3.8) is 0 Å². The molecule has 0 radical (unpaired) electrons. The Morgan fingerprint density at radius 1 is 1.29 bits per heavy atom. The summed E-state index contributed by atoms with van der Waals surface area (Å²) < 4.78 is 0. The molecule has 0 saturated heterocycles. The van der Waals surface area contributed by atoms with Gasteiger partial charge in [-0.3, -0.25) is 0 Å². The highest BCUT2D eigenvalue weighted by atomic mass is 16.4. The second-order valence-corrected chi connectivity index (χ2v) is 3.85. The number of aryl methyl sites for hydroxylation is 1. The van der Waals surface area contributed by atoms with Gasteiger partial charge in [-0.25, -0.2) is 4.79 Å². The van der Waals surface area contributed by atoms with Crippen LogP contribution >= 0.6 is 0 Å². The molecule has 5 heteroatoms. The number of carboxylic acid groups (broad SMARTS) is 1. The highest BCUT2D eigenvalue weighted by Crippen LogP contribution is 2.18. The summed E-state index contributed by atoms with van der Waals surface area (Å²) in [6.07, 6.45) is 1.42. The molecule has 0 aromatic heterocycles. The molecule has 1 aromatic carbocycles. The normalized spacial score (nSPS) is 19.0. The van der Waals surface area contributed by atoms with E-state index in [2.05, 4.69) is 10.6 Å². The van der Waals surface area contributed by atoms with Crippen molar-refractivity contribution < 1.29 is 14.7 Å². The third-order valence-electron chi connectivity index (χ3n) is 2.52. The fraction of sp³-hybridized carbons (Fsp3) is 0.167. The maximum Gasteiger partial charge on any atom is 0.320 e. The fourth-order valence-corrected chi connectivity index (χ4v) is 1.62. The standard InChI is InChI=1S/C12H12N2O3/c1-7-2-4-8(5-3-7)9-6-10(11(15)16)14-12(17)13-9/h2-6,9H,1H3,(H,15,16)(H2,13,14,17)/p-1/t9-/m1/s1. The summed E-state index contributed by atoms with van der Waals surface area (Å²) in [6.45, 7) is 1.95. The molecule has 1 aliphatic rings. The molecule has 0 spiro atoms. The zero-order valence-corrected chi connectivity index (χ0v) is 9.19. The lowest BCUT2D eigenvalue weighted by molar-refractivity contribution is -0.299. The third-order valence-corrected chi connectivity index (χ3v) is 2.52. The van der Waals surface area contributed by atoms with Gasteiger partial charge in [-0.1, -0.05) is 29.8 Å². The van der Waals surface area contributed by atoms with Gasteiger partial charge < -0.3 is 20.5 Å². The Hall–Kier alpha value is -2.30. The van der Waals surface area contributed by atoms with Crippen LogP contribution in [0.4, 0.5) is 4.79 Å². The van der Waals surface area contributed by atoms with Crippen molar-refractivity contribution in [2.75, 3.05) is 0 Å². The highest BCUT2D eigenvalue weighted by molar-refractivity contribution is 5.92. The number of rotatable bonds is 2. The number of benzene rings is 1. The van der Waals surface area contributed by atoms with E-state index in [-0.39, 0.29) is 5.70 Å². The molecule has 2 rings (SSSR count). The number of aliphatic carboxylic acids is 1. The molecule has 0 saturated carbocycles. The van der Waals surface area contributed by atoms with Gasteiger partial charge >= 0.3 is 6.03 Å². The lowest BCUT2D eigenvalue weighted by Gasteiger charge is -2.24. The first-order valence-corrected chi connectivity index (χ1v) is 5.13. The van der Waals surface area contributed by atoms with Crippen LogP contribution in [0.25, 0.3) is 0 Å². The van der Waals surface area contributed by atoms with Crippen molar-refractivity contribution in [2.24, 2.45) is 0 Å². The van der Waals surface area contributed by atoms with Crippen molar-refractivity contribution in [3.05, 3.63) is 47.2 Å². The Kier molecular flexibility index (Phi) is 2.82. The monoisotopic (exact) mass is 231 g/mol. The molecule has 0 aliphatic carbocycles. The molecule has 1 atom stereocenters. The first-order valence-electron chi connectivity index (χ1n) is 5.13. The Bertz CT molecular complexity index is 491. The maximum atomic E-state index is 11.3. The van der Waals surface area contributed by atoms with Gasteiger partial charge in [0.05, 0.1) is 17.7 Å². The molecular weight excluding hydrogens is 220 g/mol. The molecule has 0 fully saturated rings. The number of amides is 2. The van der Waals surface area contributed by atoms with Crippen LogP contribution in [0.1, 0.15) is 17.2 Å². The fourth-order valence-electron chi connectivity index (χ4n) is 1.62. The number of carbonyl (C=O) groups is 2. The molecule has 2 amide bonds. The molecule has 88 valence electrons. The largest absolute Gasteiger partial charge is 0.543 e. The predicted molar refractivity (Wildman–Crippen MR) is 58.7 cm³/mol. The molecule has 0 bridgehead atoms. The van der Waals surface area contributed by atoms with Crippen LogP contribution in [0.2, 0.25) is 0 Å². The lowest BCUT2D eigenvalue weighted by Crippen LogP contribution is -2.46. The van der Waals surface area contributed by atoms with E-state index >= 15 is 0 Å². The zero-order valence-electron chi connectivity index (χ0n) is 9.19. The molecular formula is C12H11N2O3-. The SMILES string of the molecule is Cc1ccc([C@H]2C=C(C(=O)[O-])NC(=O)N2)cc1. The summed E-state index contributed by atoms with van der Waals surface area (Å²) in [5.41, 5.74) is 1.71. The van der Waals surface area contributed by atoms with Gasteiger partial charge in [-0.2, -0.15) is 0 Å². The molecule has 0 unspecified atom stereocenters. The second kappa shape index (κ2) is 4.29. The molecule has 17 heavy (non-hydrogen) atoms. The smallest absolute Gasteiger partial charge is 0.320 e. The molecule has 1 heterocycles. The Morgan fingerprint density at radius 3 is 2.53 bits per heavy atom. The van der Waals surface area contributed by atoms with Crippen LogP contribution in [-0.2, 0) is 4.79 Å². The first-order chi connectivity index (χ1) is 8.06. The Labute approximate surface area is 98.1 Å². The average Bonchev–Trinajstić information content (AvgIpc) is 2.29. The summed E-state index contributed by atoms with van der Waals surface area (Å²) in [5.74, 6) is -1.39. The predicted octanol–water partition coefficient (Wildman–Crippen LogP) is -0.0173. The minimum atomic E-state index is -1.39. The van der Waals surface area contributed by atoms with E-state index in [0.717, 1.165) is 11.1 Å². The minimum Gasteiger partial charge on any atom is -0.543 e. The summed E-state index contributed by atoms with van der Waals surface area (Å²) in [4.78, 5) is 22.0. The van der Waals surface area contributed by atoms with E-state index in [1.54, 1.807) is 0 Å². The van der Waals surface area contributed by atoms with Crippen LogP contribution in [-0.4, -0.2) is 12.0 Å². The van der Waals surface area contributed by atoms with Crippen molar-refractivity contribution in [3.8, 4) is 0 Å². The van der Waals surface area contributed by atoms with E-state index in [4.69, 9.17) is 0 Å². The van der Waals surface area contributed by atoms with Crippen molar-refractivity contribution >= 4 is 12.0 Å². The lowest BCUT2D eigenvalue weighted by atomic mass is 10.0. The number of hydrogen-bond acceptors (Lipinski definition) is 3. The van der Waals surface area contributed by atoms with Gasteiger partial charge in [-0.05, 0) is 18.6 Å². The van der Waals surface area contributed by atoms with E-state index in [9.17, 15) is 14.7 Å². The van der Waals surface area contributed by atoms with E-state index < -0.39 is 18.0 Å². The van der Waals surface area contributed by atoms with Gasteiger partial charge in [0.2, 0.25) is 0 Å². The molecule has 5 nitrogen and oxygen atoms in total. The Morgan fingerprint density at radius 2 is 1.94 bits per heavy atom. The number of carboxylic acids is 1. The number of carbonyl (C=O) groups excluding carboxylic acids is 2. The van der Waals surface area contributed by atoms with Crippen LogP contribution in [0.3, 0.4) is 0 Å². The van der Waals surface area contributed by atoms with Crippen LogP contribution in [0, 0.1) is 6.92 Å². The molecule has 2 N–H and O–H groups in total. The average molecular weight is 231 g/mol. The number of hydrogen-bond donors (Lipinski definition) is 2. The van der Waals surface area contributed by atoms with Gasteiger partial charge in [0, 0.05) is 0 Å². The summed E-state index contributed by atoms with van der Waals surface area (Å²) in [7, 11) is 0.